The molecular formula is C19H33N3O3. The monoisotopic (exact) mass is 351 g/mol. The zero-order chi connectivity index (χ0) is 17.7. The van der Waals surface area contributed by atoms with Crippen LogP contribution in [0.25, 0.3) is 0 Å². The molecule has 2 aliphatic heterocycles. The van der Waals surface area contributed by atoms with Gasteiger partial charge in [-0.1, -0.05) is 19.3 Å². The molecule has 142 valence electrons. The van der Waals surface area contributed by atoms with Gasteiger partial charge in [0, 0.05) is 26.1 Å². The van der Waals surface area contributed by atoms with Crippen molar-refractivity contribution in [1.82, 2.24) is 9.80 Å². The maximum atomic E-state index is 13.1. The smallest absolute Gasteiger partial charge is 0.245 e. The van der Waals surface area contributed by atoms with Crippen LogP contribution in [0.15, 0.2) is 0 Å². The van der Waals surface area contributed by atoms with Gasteiger partial charge in [-0.05, 0) is 44.1 Å². The lowest BCUT2D eigenvalue weighted by molar-refractivity contribution is -0.151. The SMILES string of the molecule is NCC1(CC(=O)N2CCCCC2C(=O)N2CCOCC2)CCCCC1. The second-order valence-corrected chi connectivity index (χ2v) is 7.98. The van der Waals surface area contributed by atoms with E-state index >= 15 is 0 Å². The van der Waals surface area contributed by atoms with Gasteiger partial charge >= 0.3 is 0 Å². The van der Waals surface area contributed by atoms with Crippen LogP contribution < -0.4 is 5.73 Å². The van der Waals surface area contributed by atoms with E-state index in [1.54, 1.807) is 0 Å². The van der Waals surface area contributed by atoms with Crippen LogP contribution in [0.5, 0.6) is 0 Å². The summed E-state index contributed by atoms with van der Waals surface area (Å²) in [5.74, 6) is 0.250. The second-order valence-electron chi connectivity index (χ2n) is 7.98. The molecular weight excluding hydrogens is 318 g/mol. The average molecular weight is 351 g/mol. The normalized spacial score (nSPS) is 27.2. The third-order valence-corrected chi connectivity index (χ3v) is 6.30. The Morgan fingerprint density at radius 1 is 1.00 bits per heavy atom. The number of rotatable bonds is 4. The van der Waals surface area contributed by atoms with Crippen molar-refractivity contribution >= 4 is 11.8 Å². The van der Waals surface area contributed by atoms with Gasteiger partial charge in [-0.25, -0.2) is 0 Å². The summed E-state index contributed by atoms with van der Waals surface area (Å²) in [5, 5.41) is 0. The highest BCUT2D eigenvalue weighted by Crippen LogP contribution is 2.39. The lowest BCUT2D eigenvalue weighted by Crippen LogP contribution is -2.55. The van der Waals surface area contributed by atoms with Crippen molar-refractivity contribution in [2.24, 2.45) is 11.1 Å². The highest BCUT2D eigenvalue weighted by Gasteiger charge is 2.39. The standard InChI is InChI=1S/C19H33N3O3/c20-15-19(7-3-1-4-8-19)14-17(23)22-9-5-2-6-16(22)18(24)21-10-12-25-13-11-21/h16H,1-15,20H2. The molecule has 2 N–H and O–H groups in total. The van der Waals surface area contributed by atoms with Gasteiger partial charge in [-0.15, -0.1) is 0 Å². The first kappa shape index (κ1) is 18.6. The quantitative estimate of drug-likeness (QED) is 0.833. The molecule has 6 nitrogen and oxygen atoms in total. The van der Waals surface area contributed by atoms with E-state index in [9.17, 15) is 9.59 Å². The molecule has 0 aromatic heterocycles. The van der Waals surface area contributed by atoms with E-state index in [-0.39, 0.29) is 23.3 Å². The molecule has 1 saturated carbocycles. The number of carbonyl (C=O) groups is 2. The fourth-order valence-electron chi connectivity index (χ4n) is 4.66. The number of amides is 2. The molecule has 1 atom stereocenters. The summed E-state index contributed by atoms with van der Waals surface area (Å²) in [6.07, 6.45) is 8.99. The number of likely N-dealkylation sites (tertiary alicyclic amines) is 1. The maximum absolute atomic E-state index is 13.1. The zero-order valence-electron chi connectivity index (χ0n) is 15.4. The predicted octanol–water partition coefficient (Wildman–Crippen LogP) is 1.53. The Labute approximate surface area is 151 Å². The summed E-state index contributed by atoms with van der Waals surface area (Å²) in [7, 11) is 0. The topological polar surface area (TPSA) is 75.9 Å². The maximum Gasteiger partial charge on any atom is 0.245 e. The van der Waals surface area contributed by atoms with Gasteiger partial charge in [0.2, 0.25) is 11.8 Å². The molecule has 6 heteroatoms. The van der Waals surface area contributed by atoms with Gasteiger partial charge in [0.1, 0.15) is 6.04 Å². The Hall–Kier alpha value is -1.14. The molecule has 2 heterocycles. The average Bonchev–Trinajstić information content (AvgIpc) is 2.68. The first-order valence-electron chi connectivity index (χ1n) is 10.0. The number of nitrogens with two attached hydrogens (primary N) is 1. The van der Waals surface area contributed by atoms with Gasteiger partial charge in [-0.3, -0.25) is 9.59 Å². The minimum atomic E-state index is -0.280. The largest absolute Gasteiger partial charge is 0.378 e. The van der Waals surface area contributed by atoms with Crippen molar-refractivity contribution in [2.75, 3.05) is 39.4 Å². The number of carbonyl (C=O) groups excluding carboxylic acids is 2. The van der Waals surface area contributed by atoms with Gasteiger partial charge in [0.15, 0.2) is 0 Å². The molecule has 3 fully saturated rings. The molecule has 0 spiro atoms. The van der Waals surface area contributed by atoms with Crippen molar-refractivity contribution < 1.29 is 14.3 Å². The van der Waals surface area contributed by atoms with E-state index in [2.05, 4.69) is 0 Å². The number of hydrogen-bond donors (Lipinski definition) is 1. The van der Waals surface area contributed by atoms with E-state index in [1.807, 2.05) is 9.80 Å². The van der Waals surface area contributed by atoms with Crippen LogP contribution in [0.2, 0.25) is 0 Å². The first-order valence-corrected chi connectivity index (χ1v) is 10.0. The third-order valence-electron chi connectivity index (χ3n) is 6.30. The number of ether oxygens (including phenoxy) is 1. The molecule has 2 saturated heterocycles. The van der Waals surface area contributed by atoms with Crippen molar-refractivity contribution in [3.63, 3.8) is 0 Å². The van der Waals surface area contributed by atoms with Crippen LogP contribution in [0, 0.1) is 5.41 Å². The van der Waals surface area contributed by atoms with Gasteiger partial charge in [-0.2, -0.15) is 0 Å². The molecule has 0 aromatic carbocycles. The minimum Gasteiger partial charge on any atom is -0.378 e. The Bertz CT molecular complexity index is 471. The fraction of sp³-hybridized carbons (Fsp3) is 0.895. The zero-order valence-corrected chi connectivity index (χ0v) is 15.4. The van der Waals surface area contributed by atoms with Gasteiger partial charge in [0.05, 0.1) is 13.2 Å². The number of hydrogen-bond acceptors (Lipinski definition) is 4. The predicted molar refractivity (Wildman–Crippen MR) is 95.9 cm³/mol. The summed E-state index contributed by atoms with van der Waals surface area (Å²) in [6.45, 7) is 3.77. The van der Waals surface area contributed by atoms with E-state index in [0.717, 1.165) is 32.1 Å². The number of piperidine rings is 1. The highest BCUT2D eigenvalue weighted by atomic mass is 16.5. The molecule has 0 radical (unpaired) electrons. The summed E-state index contributed by atoms with van der Waals surface area (Å²) < 4.78 is 5.35. The van der Waals surface area contributed by atoms with Crippen LogP contribution in [-0.2, 0) is 14.3 Å². The number of nitrogens with zero attached hydrogens (tertiary/aromatic N) is 2. The van der Waals surface area contributed by atoms with Crippen LogP contribution in [0.1, 0.15) is 57.8 Å². The van der Waals surface area contributed by atoms with E-state index in [0.29, 0.717) is 45.8 Å². The molecule has 0 bridgehead atoms. The lowest BCUT2D eigenvalue weighted by Gasteiger charge is -2.42. The summed E-state index contributed by atoms with van der Waals surface area (Å²) >= 11 is 0. The Morgan fingerprint density at radius 2 is 1.72 bits per heavy atom. The van der Waals surface area contributed by atoms with E-state index in [1.165, 1.54) is 19.3 Å². The van der Waals surface area contributed by atoms with E-state index < -0.39 is 0 Å². The minimum absolute atomic E-state index is 0.0423. The molecule has 2 amide bonds. The van der Waals surface area contributed by atoms with Gasteiger partial charge in [0.25, 0.3) is 0 Å². The number of morpholine rings is 1. The van der Waals surface area contributed by atoms with E-state index in [4.69, 9.17) is 10.5 Å². The van der Waals surface area contributed by atoms with Crippen LogP contribution in [-0.4, -0.2) is 67.0 Å². The second kappa shape index (κ2) is 8.49. The van der Waals surface area contributed by atoms with Crippen molar-refractivity contribution in [3.05, 3.63) is 0 Å². The lowest BCUT2D eigenvalue weighted by atomic mass is 9.71. The summed E-state index contributed by atoms with van der Waals surface area (Å²) in [6, 6.07) is -0.280. The summed E-state index contributed by atoms with van der Waals surface area (Å²) in [5.41, 5.74) is 6.03. The first-order chi connectivity index (χ1) is 12.2. The molecule has 3 aliphatic rings. The molecule has 0 aromatic rings. The van der Waals surface area contributed by atoms with Crippen molar-refractivity contribution in [1.29, 1.82) is 0 Å². The van der Waals surface area contributed by atoms with Crippen molar-refractivity contribution in [3.8, 4) is 0 Å². The Morgan fingerprint density at radius 3 is 2.40 bits per heavy atom. The van der Waals surface area contributed by atoms with Crippen LogP contribution >= 0.6 is 0 Å². The van der Waals surface area contributed by atoms with Crippen molar-refractivity contribution in [2.45, 2.75) is 63.8 Å². The highest BCUT2D eigenvalue weighted by molar-refractivity contribution is 5.88. The molecule has 3 rings (SSSR count). The van der Waals surface area contributed by atoms with Gasteiger partial charge < -0.3 is 20.3 Å². The van der Waals surface area contributed by atoms with Crippen LogP contribution in [0.4, 0.5) is 0 Å². The Balaban J connectivity index is 1.66. The third kappa shape index (κ3) is 4.34. The molecule has 1 unspecified atom stereocenters. The molecule has 1 aliphatic carbocycles. The van der Waals surface area contributed by atoms with Crippen LogP contribution in [0.3, 0.4) is 0 Å². The fourth-order valence-corrected chi connectivity index (χ4v) is 4.66. The Kier molecular flexibility index (Phi) is 6.34. The summed E-state index contributed by atoms with van der Waals surface area (Å²) in [4.78, 5) is 29.8. The molecule has 25 heavy (non-hydrogen) atoms.